The van der Waals surface area contributed by atoms with Crippen molar-refractivity contribution in [3.05, 3.63) is 16.4 Å². The second kappa shape index (κ2) is 8.29. The van der Waals surface area contributed by atoms with Gasteiger partial charge in [0.05, 0.1) is 4.92 Å². The molecule has 0 unspecified atom stereocenters. The van der Waals surface area contributed by atoms with Crippen molar-refractivity contribution >= 4 is 17.3 Å². The van der Waals surface area contributed by atoms with Crippen LogP contribution in [0.25, 0.3) is 0 Å². The predicted molar refractivity (Wildman–Crippen MR) is 80.0 cm³/mol. The van der Waals surface area contributed by atoms with E-state index in [-0.39, 0.29) is 17.3 Å². The lowest BCUT2D eigenvalue weighted by atomic mass is 10.1. The molecule has 0 aliphatic heterocycles. The van der Waals surface area contributed by atoms with Crippen molar-refractivity contribution in [3.8, 4) is 0 Å². The minimum absolute atomic E-state index is 0.0765. The van der Waals surface area contributed by atoms with E-state index in [2.05, 4.69) is 41.4 Å². The summed E-state index contributed by atoms with van der Waals surface area (Å²) in [5.41, 5.74) is -0.0765. The fourth-order valence-corrected chi connectivity index (χ4v) is 1.67. The number of nitro groups is 1. The van der Waals surface area contributed by atoms with E-state index in [0.717, 1.165) is 19.3 Å². The quantitative estimate of drug-likeness (QED) is 0.410. The summed E-state index contributed by atoms with van der Waals surface area (Å²) >= 11 is 0. The fourth-order valence-electron chi connectivity index (χ4n) is 1.67. The van der Waals surface area contributed by atoms with Crippen molar-refractivity contribution in [3.63, 3.8) is 0 Å². The first kappa shape index (κ1) is 16.1. The molecule has 20 heavy (non-hydrogen) atoms. The van der Waals surface area contributed by atoms with Crippen molar-refractivity contribution < 1.29 is 4.92 Å². The van der Waals surface area contributed by atoms with Crippen LogP contribution in [0.5, 0.6) is 0 Å². The molecule has 0 fully saturated rings. The minimum atomic E-state index is -0.439. The Morgan fingerprint density at radius 2 is 1.85 bits per heavy atom. The average molecular weight is 281 g/mol. The zero-order chi connectivity index (χ0) is 15.0. The predicted octanol–water partition coefficient (Wildman–Crippen LogP) is 3.05. The van der Waals surface area contributed by atoms with E-state index in [0.29, 0.717) is 19.0 Å². The first-order chi connectivity index (χ1) is 9.56. The van der Waals surface area contributed by atoms with Crippen LogP contribution in [0.4, 0.5) is 17.3 Å². The van der Waals surface area contributed by atoms with Gasteiger partial charge in [-0.3, -0.25) is 10.1 Å². The first-order valence-corrected chi connectivity index (χ1v) is 7.03. The Bertz CT molecular complexity index is 437. The summed E-state index contributed by atoms with van der Waals surface area (Å²) in [5.74, 6) is 1.10. The van der Waals surface area contributed by atoms with Crippen LogP contribution in [-0.2, 0) is 0 Å². The van der Waals surface area contributed by atoms with Crippen LogP contribution < -0.4 is 10.6 Å². The molecule has 1 aromatic rings. The third-order valence-electron chi connectivity index (χ3n) is 2.84. The molecule has 112 valence electrons. The summed E-state index contributed by atoms with van der Waals surface area (Å²) in [6.45, 7) is 7.60. The molecule has 0 saturated carbocycles. The maximum Gasteiger partial charge on any atom is 0.353 e. The van der Waals surface area contributed by atoms with Crippen molar-refractivity contribution in [1.29, 1.82) is 0 Å². The van der Waals surface area contributed by atoms with E-state index in [1.807, 2.05) is 0 Å². The van der Waals surface area contributed by atoms with E-state index in [9.17, 15) is 10.1 Å². The van der Waals surface area contributed by atoms with Crippen molar-refractivity contribution in [2.75, 3.05) is 23.7 Å². The Labute approximate surface area is 119 Å². The van der Waals surface area contributed by atoms with Gasteiger partial charge in [-0.1, -0.05) is 27.2 Å². The lowest BCUT2D eigenvalue weighted by molar-refractivity contribution is -0.383. The third-order valence-corrected chi connectivity index (χ3v) is 2.84. The zero-order valence-electron chi connectivity index (χ0n) is 12.3. The Hall–Kier alpha value is -1.92. The highest BCUT2D eigenvalue weighted by molar-refractivity contribution is 5.69. The van der Waals surface area contributed by atoms with E-state index < -0.39 is 4.92 Å². The standard InChI is InChI=1S/C13H23N5O2/c1-4-5-7-14-12-11(18(19)20)13(17-9-16-12)15-8-6-10(2)3/h9-10H,4-8H2,1-3H3,(H2,14,15,16,17). The summed E-state index contributed by atoms with van der Waals surface area (Å²) in [6, 6.07) is 0. The lowest BCUT2D eigenvalue weighted by Gasteiger charge is -2.10. The third kappa shape index (κ3) is 4.99. The Balaban J connectivity index is 2.82. The minimum Gasteiger partial charge on any atom is -0.364 e. The number of hydrogen-bond acceptors (Lipinski definition) is 6. The Morgan fingerprint density at radius 3 is 2.35 bits per heavy atom. The van der Waals surface area contributed by atoms with Crippen LogP contribution in [0.2, 0.25) is 0 Å². The number of unbranched alkanes of at least 4 members (excludes halogenated alkanes) is 1. The van der Waals surface area contributed by atoms with Crippen molar-refractivity contribution in [1.82, 2.24) is 9.97 Å². The summed E-state index contributed by atoms with van der Waals surface area (Å²) < 4.78 is 0. The summed E-state index contributed by atoms with van der Waals surface area (Å²) in [4.78, 5) is 18.7. The second-order valence-electron chi connectivity index (χ2n) is 5.07. The molecule has 0 amide bonds. The van der Waals surface area contributed by atoms with Gasteiger partial charge in [-0.05, 0) is 18.8 Å². The van der Waals surface area contributed by atoms with E-state index in [4.69, 9.17) is 0 Å². The van der Waals surface area contributed by atoms with Crippen molar-refractivity contribution in [2.24, 2.45) is 5.92 Å². The second-order valence-corrected chi connectivity index (χ2v) is 5.07. The molecule has 1 heterocycles. The number of nitrogens with one attached hydrogen (secondary N) is 2. The monoisotopic (exact) mass is 281 g/mol. The number of hydrogen-bond donors (Lipinski definition) is 2. The van der Waals surface area contributed by atoms with Crippen LogP contribution in [0, 0.1) is 16.0 Å². The highest BCUT2D eigenvalue weighted by Crippen LogP contribution is 2.28. The van der Waals surface area contributed by atoms with Gasteiger partial charge in [0.15, 0.2) is 0 Å². The zero-order valence-corrected chi connectivity index (χ0v) is 12.3. The van der Waals surface area contributed by atoms with Crippen LogP contribution in [0.3, 0.4) is 0 Å². The van der Waals surface area contributed by atoms with Gasteiger partial charge in [-0.25, -0.2) is 9.97 Å². The van der Waals surface area contributed by atoms with Gasteiger partial charge in [0.25, 0.3) is 0 Å². The van der Waals surface area contributed by atoms with Crippen LogP contribution in [0.15, 0.2) is 6.33 Å². The summed E-state index contributed by atoms with van der Waals surface area (Å²) in [5, 5.41) is 17.2. The maximum atomic E-state index is 11.2. The van der Waals surface area contributed by atoms with E-state index >= 15 is 0 Å². The van der Waals surface area contributed by atoms with Gasteiger partial charge >= 0.3 is 5.69 Å². The molecule has 0 spiro atoms. The summed E-state index contributed by atoms with van der Waals surface area (Å²) in [6.07, 6.45) is 4.24. The molecule has 7 heteroatoms. The molecule has 1 aromatic heterocycles. The molecular weight excluding hydrogens is 258 g/mol. The maximum absolute atomic E-state index is 11.2. The molecule has 0 aliphatic carbocycles. The van der Waals surface area contributed by atoms with Crippen LogP contribution in [0.1, 0.15) is 40.0 Å². The number of nitrogens with zero attached hydrogens (tertiary/aromatic N) is 3. The molecule has 1 rings (SSSR count). The highest BCUT2D eigenvalue weighted by atomic mass is 16.6. The number of rotatable bonds is 9. The van der Waals surface area contributed by atoms with Gasteiger partial charge in [0.1, 0.15) is 6.33 Å². The number of anilines is 2. The highest BCUT2D eigenvalue weighted by Gasteiger charge is 2.22. The van der Waals surface area contributed by atoms with Gasteiger partial charge in [0, 0.05) is 13.1 Å². The van der Waals surface area contributed by atoms with Gasteiger partial charge in [0.2, 0.25) is 11.6 Å². The largest absolute Gasteiger partial charge is 0.364 e. The van der Waals surface area contributed by atoms with Gasteiger partial charge in [-0.15, -0.1) is 0 Å². The van der Waals surface area contributed by atoms with E-state index in [1.165, 1.54) is 6.33 Å². The van der Waals surface area contributed by atoms with Crippen LogP contribution >= 0.6 is 0 Å². The molecule has 0 aliphatic rings. The fraction of sp³-hybridized carbons (Fsp3) is 0.692. The van der Waals surface area contributed by atoms with Gasteiger partial charge in [-0.2, -0.15) is 0 Å². The molecule has 7 nitrogen and oxygen atoms in total. The average Bonchev–Trinajstić information content (AvgIpc) is 2.38. The number of aromatic nitrogens is 2. The van der Waals surface area contributed by atoms with Crippen molar-refractivity contribution in [2.45, 2.75) is 40.0 Å². The van der Waals surface area contributed by atoms with Gasteiger partial charge < -0.3 is 10.6 Å². The topological polar surface area (TPSA) is 93.0 Å². The molecule has 0 bridgehead atoms. The smallest absolute Gasteiger partial charge is 0.353 e. The molecular formula is C13H23N5O2. The molecule has 0 saturated heterocycles. The molecule has 2 N–H and O–H groups in total. The van der Waals surface area contributed by atoms with E-state index in [1.54, 1.807) is 0 Å². The SMILES string of the molecule is CCCCNc1ncnc(NCCC(C)C)c1[N+](=O)[O-]. The Kier molecular flexibility index (Phi) is 6.69. The lowest BCUT2D eigenvalue weighted by Crippen LogP contribution is -2.12. The molecule has 0 aromatic carbocycles. The molecule has 0 atom stereocenters. The normalized spacial score (nSPS) is 10.6. The molecule has 0 radical (unpaired) electrons. The Morgan fingerprint density at radius 1 is 1.25 bits per heavy atom. The summed E-state index contributed by atoms with van der Waals surface area (Å²) in [7, 11) is 0. The first-order valence-electron chi connectivity index (χ1n) is 7.03. The van der Waals surface area contributed by atoms with Crippen LogP contribution in [-0.4, -0.2) is 28.0 Å².